The zero-order chi connectivity index (χ0) is 19.0. The van der Waals surface area contributed by atoms with Crippen molar-refractivity contribution >= 4 is 11.0 Å². The van der Waals surface area contributed by atoms with E-state index in [2.05, 4.69) is 23.7 Å². The third-order valence-corrected chi connectivity index (χ3v) is 5.25. The van der Waals surface area contributed by atoms with Crippen LogP contribution in [-0.4, -0.2) is 28.1 Å². The number of aromatic hydroxyl groups is 1. The van der Waals surface area contributed by atoms with Crippen molar-refractivity contribution in [2.24, 2.45) is 11.8 Å². The van der Waals surface area contributed by atoms with Crippen LogP contribution >= 0.6 is 0 Å². The molecule has 2 aromatic heterocycles. The van der Waals surface area contributed by atoms with Gasteiger partial charge in [0.2, 0.25) is 0 Å². The van der Waals surface area contributed by atoms with Crippen molar-refractivity contribution in [3.05, 3.63) is 58.6 Å². The van der Waals surface area contributed by atoms with Crippen LogP contribution in [0.5, 0.6) is 5.75 Å². The maximum atomic E-state index is 12.6. The van der Waals surface area contributed by atoms with Gasteiger partial charge in [-0.2, -0.15) is 0 Å². The van der Waals surface area contributed by atoms with E-state index < -0.39 is 5.63 Å². The summed E-state index contributed by atoms with van der Waals surface area (Å²) in [4.78, 5) is 19.2. The lowest BCUT2D eigenvalue weighted by Crippen LogP contribution is -2.38. The molecular weight excluding hydrogens is 340 g/mol. The number of hydrogen-bond donors (Lipinski definition) is 1. The van der Waals surface area contributed by atoms with Crippen molar-refractivity contribution in [1.29, 1.82) is 0 Å². The molecule has 140 valence electrons. The molecule has 5 heteroatoms. The summed E-state index contributed by atoms with van der Waals surface area (Å²) in [6.45, 7) is 7.05. The number of nitrogens with zero attached hydrogens (tertiary/aromatic N) is 2. The molecule has 1 saturated heterocycles. The molecule has 27 heavy (non-hydrogen) atoms. The van der Waals surface area contributed by atoms with Gasteiger partial charge in [-0.3, -0.25) is 9.88 Å². The number of aromatic nitrogens is 1. The van der Waals surface area contributed by atoms with Gasteiger partial charge in [-0.15, -0.1) is 0 Å². The number of fused-ring (bicyclic) bond motifs is 1. The maximum Gasteiger partial charge on any atom is 0.345 e. The van der Waals surface area contributed by atoms with Gasteiger partial charge in [0.15, 0.2) is 0 Å². The van der Waals surface area contributed by atoms with Crippen molar-refractivity contribution in [2.45, 2.75) is 26.8 Å². The molecule has 2 atom stereocenters. The highest BCUT2D eigenvalue weighted by Gasteiger charge is 2.24. The van der Waals surface area contributed by atoms with Crippen LogP contribution < -0.4 is 5.63 Å². The lowest BCUT2D eigenvalue weighted by atomic mass is 9.91. The van der Waals surface area contributed by atoms with Gasteiger partial charge >= 0.3 is 5.63 Å². The van der Waals surface area contributed by atoms with E-state index in [1.165, 1.54) is 6.42 Å². The molecular formula is C22H24N2O3. The van der Waals surface area contributed by atoms with Crippen molar-refractivity contribution in [2.75, 3.05) is 13.1 Å². The van der Waals surface area contributed by atoms with Crippen LogP contribution in [0.1, 0.15) is 25.8 Å². The van der Waals surface area contributed by atoms with Gasteiger partial charge in [0.1, 0.15) is 11.3 Å². The number of phenols is 1. The third kappa shape index (κ3) is 3.60. The topological polar surface area (TPSA) is 66.6 Å². The summed E-state index contributed by atoms with van der Waals surface area (Å²) in [5.74, 6) is 1.41. The quantitative estimate of drug-likeness (QED) is 0.711. The summed E-state index contributed by atoms with van der Waals surface area (Å²) < 4.78 is 5.67. The molecule has 1 aromatic carbocycles. The van der Waals surface area contributed by atoms with Crippen molar-refractivity contribution in [3.8, 4) is 17.0 Å². The number of benzene rings is 1. The Labute approximate surface area is 158 Å². The summed E-state index contributed by atoms with van der Waals surface area (Å²) in [5.41, 5.74) is 1.72. The number of hydrogen-bond acceptors (Lipinski definition) is 5. The molecule has 4 rings (SSSR count). The van der Waals surface area contributed by atoms with Crippen molar-refractivity contribution < 1.29 is 9.52 Å². The molecule has 0 bridgehead atoms. The molecule has 2 unspecified atom stereocenters. The largest absolute Gasteiger partial charge is 0.507 e. The van der Waals surface area contributed by atoms with Gasteiger partial charge in [0, 0.05) is 31.2 Å². The molecule has 1 N–H and O–H groups in total. The minimum Gasteiger partial charge on any atom is -0.507 e. The maximum absolute atomic E-state index is 12.6. The van der Waals surface area contributed by atoms with Gasteiger partial charge in [0.05, 0.1) is 16.8 Å². The number of piperidine rings is 1. The Morgan fingerprint density at radius 2 is 1.96 bits per heavy atom. The Hall–Kier alpha value is -2.66. The van der Waals surface area contributed by atoms with Gasteiger partial charge in [-0.05, 0) is 48.6 Å². The second-order valence-corrected chi connectivity index (χ2v) is 7.78. The van der Waals surface area contributed by atoms with Crippen LogP contribution in [0, 0.1) is 11.8 Å². The molecule has 5 nitrogen and oxygen atoms in total. The first-order chi connectivity index (χ1) is 13.0. The monoisotopic (exact) mass is 364 g/mol. The van der Waals surface area contributed by atoms with Crippen LogP contribution in [0.2, 0.25) is 0 Å². The van der Waals surface area contributed by atoms with E-state index in [0.717, 1.165) is 18.5 Å². The second kappa shape index (κ2) is 7.16. The van der Waals surface area contributed by atoms with Crippen LogP contribution in [0.4, 0.5) is 0 Å². The van der Waals surface area contributed by atoms with Gasteiger partial charge in [0.25, 0.3) is 0 Å². The van der Waals surface area contributed by atoms with E-state index in [4.69, 9.17) is 4.42 Å². The van der Waals surface area contributed by atoms with E-state index in [-0.39, 0.29) is 5.75 Å². The smallest absolute Gasteiger partial charge is 0.345 e. The van der Waals surface area contributed by atoms with Gasteiger partial charge in [-0.25, -0.2) is 4.79 Å². The number of phenolic OH excluding ortho intramolecular Hbond substituents is 1. The third-order valence-electron chi connectivity index (χ3n) is 5.25. The molecule has 3 aromatic rings. The Morgan fingerprint density at radius 3 is 2.67 bits per heavy atom. The highest BCUT2D eigenvalue weighted by Crippen LogP contribution is 2.31. The SMILES string of the molecule is CC1CC(C)CN(Cc2c(O)ccc3cc(-c4ccccn4)c(=O)oc23)C1. The molecule has 0 amide bonds. The molecule has 1 fully saturated rings. The Balaban J connectivity index is 1.76. The minimum atomic E-state index is -0.437. The number of pyridine rings is 1. The van der Waals surface area contributed by atoms with E-state index in [1.54, 1.807) is 30.5 Å². The molecule has 0 radical (unpaired) electrons. The highest BCUT2D eigenvalue weighted by atomic mass is 16.4. The lowest BCUT2D eigenvalue weighted by molar-refractivity contribution is 0.133. The fraction of sp³-hybridized carbons (Fsp3) is 0.364. The first-order valence-electron chi connectivity index (χ1n) is 9.43. The standard InChI is InChI=1S/C22H24N2O3/c1-14-9-15(2)12-24(11-14)13-18-20(25)7-6-16-10-17(22(26)27-21(16)18)19-5-3-4-8-23-19/h3-8,10,14-15,25H,9,11-13H2,1-2H3. The summed E-state index contributed by atoms with van der Waals surface area (Å²) in [5, 5.41) is 11.2. The van der Waals surface area contributed by atoms with Crippen LogP contribution in [-0.2, 0) is 6.54 Å². The van der Waals surface area contributed by atoms with Crippen LogP contribution in [0.15, 0.2) is 51.8 Å². The lowest BCUT2D eigenvalue weighted by Gasteiger charge is -2.35. The fourth-order valence-corrected chi connectivity index (χ4v) is 4.23. The zero-order valence-electron chi connectivity index (χ0n) is 15.7. The van der Waals surface area contributed by atoms with Crippen molar-refractivity contribution in [3.63, 3.8) is 0 Å². The number of likely N-dealkylation sites (tertiary alicyclic amines) is 1. The summed E-state index contributed by atoms with van der Waals surface area (Å²) in [6.07, 6.45) is 2.88. The van der Waals surface area contributed by atoms with Gasteiger partial charge in [-0.1, -0.05) is 19.9 Å². The molecule has 1 aliphatic rings. The van der Waals surface area contributed by atoms with Gasteiger partial charge < -0.3 is 9.52 Å². The first kappa shape index (κ1) is 17.7. The van der Waals surface area contributed by atoms with E-state index in [1.807, 2.05) is 12.1 Å². The fourth-order valence-electron chi connectivity index (χ4n) is 4.23. The Kier molecular flexibility index (Phi) is 4.70. The van der Waals surface area contributed by atoms with Crippen molar-refractivity contribution in [1.82, 2.24) is 9.88 Å². The molecule has 0 saturated carbocycles. The average molecular weight is 364 g/mol. The normalized spacial score (nSPS) is 20.8. The molecule has 0 spiro atoms. The van der Waals surface area contributed by atoms with E-state index in [0.29, 0.717) is 40.8 Å². The first-order valence-corrected chi connectivity index (χ1v) is 9.43. The van der Waals surface area contributed by atoms with E-state index in [9.17, 15) is 9.90 Å². The second-order valence-electron chi connectivity index (χ2n) is 7.78. The molecule has 3 heterocycles. The summed E-state index contributed by atoms with van der Waals surface area (Å²) >= 11 is 0. The zero-order valence-corrected chi connectivity index (χ0v) is 15.7. The van der Waals surface area contributed by atoms with E-state index >= 15 is 0 Å². The summed E-state index contributed by atoms with van der Waals surface area (Å²) in [6, 6.07) is 10.7. The van der Waals surface area contributed by atoms with Crippen LogP contribution in [0.3, 0.4) is 0 Å². The number of rotatable bonds is 3. The minimum absolute atomic E-state index is 0.169. The Morgan fingerprint density at radius 1 is 1.19 bits per heavy atom. The average Bonchev–Trinajstić information content (AvgIpc) is 2.64. The van der Waals surface area contributed by atoms with Crippen LogP contribution in [0.25, 0.3) is 22.2 Å². The molecule has 1 aliphatic heterocycles. The molecule has 0 aliphatic carbocycles. The predicted octanol–water partition coefficient (Wildman–Crippen LogP) is 4.04. The predicted molar refractivity (Wildman–Crippen MR) is 106 cm³/mol. The summed E-state index contributed by atoms with van der Waals surface area (Å²) in [7, 11) is 0. The highest BCUT2D eigenvalue weighted by molar-refractivity contribution is 5.85. The Bertz CT molecular complexity index is 1000.